The maximum atomic E-state index is 13.1. The van der Waals surface area contributed by atoms with Gasteiger partial charge in [0.2, 0.25) is 11.8 Å². The minimum Gasteiger partial charge on any atom is -0.344 e. The van der Waals surface area contributed by atoms with Crippen molar-refractivity contribution < 1.29 is 19.2 Å². The van der Waals surface area contributed by atoms with Gasteiger partial charge in [-0.15, -0.1) is 0 Å². The quantitative estimate of drug-likeness (QED) is 0.670. The first-order chi connectivity index (χ1) is 13.8. The van der Waals surface area contributed by atoms with Crippen molar-refractivity contribution in [3.05, 3.63) is 65.0 Å². The van der Waals surface area contributed by atoms with Gasteiger partial charge < -0.3 is 5.32 Å². The molecule has 0 bridgehead atoms. The number of nitrogens with zero attached hydrogens (tertiary/aromatic N) is 1. The molecule has 1 saturated heterocycles. The van der Waals surface area contributed by atoms with Gasteiger partial charge in [-0.25, -0.2) is 4.79 Å². The largest absolute Gasteiger partial charge is 0.344 e. The number of imide groups is 2. The molecular formula is C21H22N4O4. The van der Waals surface area contributed by atoms with Crippen LogP contribution in [-0.4, -0.2) is 28.7 Å². The van der Waals surface area contributed by atoms with E-state index in [0.717, 1.165) is 11.1 Å². The van der Waals surface area contributed by atoms with Crippen LogP contribution < -0.4 is 16.0 Å². The Morgan fingerprint density at radius 1 is 1.03 bits per heavy atom. The van der Waals surface area contributed by atoms with Gasteiger partial charge in [-0.1, -0.05) is 24.1 Å². The van der Waals surface area contributed by atoms with E-state index in [2.05, 4.69) is 20.9 Å². The molecule has 1 aliphatic heterocycles. The van der Waals surface area contributed by atoms with Crippen LogP contribution >= 0.6 is 0 Å². The number of urea groups is 1. The molecule has 1 unspecified atom stereocenters. The highest BCUT2D eigenvalue weighted by Gasteiger charge is 2.55. The van der Waals surface area contributed by atoms with E-state index in [9.17, 15) is 19.2 Å². The molecule has 0 radical (unpaired) electrons. The molecule has 0 aliphatic carbocycles. The number of barbiturate groups is 1. The minimum absolute atomic E-state index is 0.0675. The van der Waals surface area contributed by atoms with Crippen LogP contribution in [0.15, 0.2) is 42.7 Å². The van der Waals surface area contributed by atoms with E-state index in [1.54, 1.807) is 31.2 Å². The zero-order valence-corrected chi connectivity index (χ0v) is 16.4. The fourth-order valence-electron chi connectivity index (χ4n) is 3.72. The van der Waals surface area contributed by atoms with E-state index in [-0.39, 0.29) is 6.42 Å². The Balaban J connectivity index is 2.08. The molecule has 3 rings (SSSR count). The first-order valence-electron chi connectivity index (χ1n) is 9.24. The second-order valence-corrected chi connectivity index (χ2v) is 7.13. The Bertz CT molecular complexity index is 947. The Kier molecular flexibility index (Phi) is 5.45. The highest BCUT2D eigenvalue weighted by atomic mass is 16.2. The molecule has 29 heavy (non-hydrogen) atoms. The number of hydrogen-bond acceptors (Lipinski definition) is 5. The fourth-order valence-corrected chi connectivity index (χ4v) is 3.72. The first kappa shape index (κ1) is 20.2. The Labute approximate surface area is 168 Å². The zero-order valence-electron chi connectivity index (χ0n) is 16.4. The van der Waals surface area contributed by atoms with Crippen molar-refractivity contribution in [1.82, 2.24) is 20.9 Å². The van der Waals surface area contributed by atoms with Gasteiger partial charge in [0.05, 0.1) is 6.04 Å². The molecule has 8 heteroatoms. The third-order valence-electron chi connectivity index (χ3n) is 5.11. The summed E-state index contributed by atoms with van der Waals surface area (Å²) in [6.07, 6.45) is 3.09. The van der Waals surface area contributed by atoms with Crippen LogP contribution in [0.1, 0.15) is 46.4 Å². The monoisotopic (exact) mass is 394 g/mol. The van der Waals surface area contributed by atoms with Crippen molar-refractivity contribution in [2.75, 3.05) is 0 Å². The van der Waals surface area contributed by atoms with Crippen molar-refractivity contribution >= 4 is 23.8 Å². The highest BCUT2D eigenvalue weighted by molar-refractivity contribution is 6.20. The molecular weight excluding hydrogens is 372 g/mol. The predicted octanol–water partition coefficient (Wildman–Crippen LogP) is 1.93. The van der Waals surface area contributed by atoms with E-state index in [4.69, 9.17) is 0 Å². The summed E-state index contributed by atoms with van der Waals surface area (Å²) >= 11 is 0. The normalized spacial score (nSPS) is 16.6. The van der Waals surface area contributed by atoms with Crippen LogP contribution in [0.5, 0.6) is 0 Å². The third kappa shape index (κ3) is 3.73. The number of nitrogens with one attached hydrogen (secondary N) is 3. The van der Waals surface area contributed by atoms with Gasteiger partial charge >= 0.3 is 6.03 Å². The predicted molar refractivity (Wildman–Crippen MR) is 105 cm³/mol. The van der Waals surface area contributed by atoms with Gasteiger partial charge in [0.25, 0.3) is 5.91 Å². The third-order valence-corrected chi connectivity index (χ3v) is 5.11. The van der Waals surface area contributed by atoms with Crippen LogP contribution in [0.2, 0.25) is 0 Å². The van der Waals surface area contributed by atoms with E-state index in [0.29, 0.717) is 11.1 Å². The molecule has 1 fully saturated rings. The lowest BCUT2D eigenvalue weighted by molar-refractivity contribution is -0.147. The standard InChI is InChI=1S/C21H22N4O4/c1-4-21(18(27)24-20(29)25-19(21)28)16(14-5-7-22-8-6-14)23-17(26)15-10-12(2)9-13(3)11-15/h5-11,16H,4H2,1-3H3,(H,23,26)(H2,24,25,27,28,29). The van der Waals surface area contributed by atoms with Crippen LogP contribution in [0.25, 0.3) is 0 Å². The fraction of sp³-hybridized carbons (Fsp3) is 0.286. The smallest absolute Gasteiger partial charge is 0.328 e. The Morgan fingerprint density at radius 3 is 2.10 bits per heavy atom. The van der Waals surface area contributed by atoms with Gasteiger partial charge in [-0.3, -0.25) is 30.0 Å². The summed E-state index contributed by atoms with van der Waals surface area (Å²) < 4.78 is 0. The minimum atomic E-state index is -1.69. The van der Waals surface area contributed by atoms with Crippen molar-refractivity contribution in [3.63, 3.8) is 0 Å². The van der Waals surface area contributed by atoms with Crippen molar-refractivity contribution in [3.8, 4) is 0 Å². The highest BCUT2D eigenvalue weighted by Crippen LogP contribution is 2.39. The molecule has 0 saturated carbocycles. The summed E-state index contributed by atoms with van der Waals surface area (Å²) in [7, 11) is 0. The molecule has 1 aromatic carbocycles. The van der Waals surface area contributed by atoms with E-state index >= 15 is 0 Å². The Morgan fingerprint density at radius 2 is 1.59 bits per heavy atom. The van der Waals surface area contributed by atoms with Crippen LogP contribution in [-0.2, 0) is 9.59 Å². The van der Waals surface area contributed by atoms with Crippen molar-refractivity contribution in [2.24, 2.45) is 5.41 Å². The SMILES string of the molecule is CCC1(C(NC(=O)c2cc(C)cc(C)c2)c2ccncc2)C(=O)NC(=O)NC1=O. The summed E-state index contributed by atoms with van der Waals surface area (Å²) in [5, 5.41) is 7.15. The van der Waals surface area contributed by atoms with Crippen LogP contribution in [0, 0.1) is 19.3 Å². The average molecular weight is 394 g/mol. The van der Waals surface area contributed by atoms with Crippen molar-refractivity contribution in [1.29, 1.82) is 0 Å². The summed E-state index contributed by atoms with van der Waals surface area (Å²) in [4.78, 5) is 54.3. The number of carbonyl (C=O) groups is 4. The molecule has 2 heterocycles. The maximum Gasteiger partial charge on any atom is 0.328 e. The summed E-state index contributed by atoms with van der Waals surface area (Å²) in [5.74, 6) is -1.93. The molecule has 8 nitrogen and oxygen atoms in total. The molecule has 3 N–H and O–H groups in total. The number of carbonyl (C=O) groups excluding carboxylic acids is 4. The topological polar surface area (TPSA) is 117 Å². The number of benzene rings is 1. The number of pyridine rings is 1. The van der Waals surface area contributed by atoms with Gasteiger partial charge in [0.15, 0.2) is 5.41 Å². The lowest BCUT2D eigenvalue weighted by Gasteiger charge is -2.39. The molecule has 1 aromatic heterocycles. The zero-order chi connectivity index (χ0) is 21.2. The number of hydrogen-bond donors (Lipinski definition) is 3. The summed E-state index contributed by atoms with van der Waals surface area (Å²) in [6.45, 7) is 5.42. The van der Waals surface area contributed by atoms with Crippen LogP contribution in [0.3, 0.4) is 0 Å². The summed E-state index contributed by atoms with van der Waals surface area (Å²) in [6, 6.07) is 6.78. The molecule has 1 atom stereocenters. The average Bonchev–Trinajstić information content (AvgIpc) is 2.67. The number of aryl methyl sites for hydroxylation is 2. The van der Waals surface area contributed by atoms with E-state index in [1.165, 1.54) is 12.4 Å². The summed E-state index contributed by atoms with van der Waals surface area (Å²) in [5.41, 5.74) is 1.09. The molecule has 2 aromatic rings. The molecule has 1 aliphatic rings. The number of aromatic nitrogens is 1. The number of amides is 5. The lowest BCUT2D eigenvalue weighted by Crippen LogP contribution is -2.66. The van der Waals surface area contributed by atoms with Gasteiger partial charge in [0.1, 0.15) is 0 Å². The molecule has 150 valence electrons. The van der Waals surface area contributed by atoms with Gasteiger partial charge in [-0.2, -0.15) is 0 Å². The Hall–Kier alpha value is -3.55. The first-order valence-corrected chi connectivity index (χ1v) is 9.24. The van der Waals surface area contributed by atoms with E-state index in [1.807, 2.05) is 19.9 Å². The maximum absolute atomic E-state index is 13.1. The van der Waals surface area contributed by atoms with Crippen molar-refractivity contribution in [2.45, 2.75) is 33.2 Å². The second-order valence-electron chi connectivity index (χ2n) is 7.13. The lowest BCUT2D eigenvalue weighted by atomic mass is 9.72. The van der Waals surface area contributed by atoms with Gasteiger partial charge in [0, 0.05) is 18.0 Å². The molecule has 0 spiro atoms. The molecule has 5 amide bonds. The number of rotatable bonds is 5. The van der Waals surface area contributed by atoms with Crippen LogP contribution in [0.4, 0.5) is 4.79 Å². The van der Waals surface area contributed by atoms with Gasteiger partial charge in [-0.05, 0) is 50.1 Å². The second kappa shape index (κ2) is 7.83. The van der Waals surface area contributed by atoms with E-state index < -0.39 is 35.2 Å².